The van der Waals surface area contributed by atoms with E-state index < -0.39 is 29.4 Å². The first-order valence-electron chi connectivity index (χ1n) is 6.47. The van der Waals surface area contributed by atoms with Crippen molar-refractivity contribution in [3.05, 3.63) is 0 Å². The van der Waals surface area contributed by atoms with Gasteiger partial charge in [0, 0.05) is 6.54 Å². The van der Waals surface area contributed by atoms with Crippen molar-refractivity contribution in [1.82, 2.24) is 15.5 Å². The summed E-state index contributed by atoms with van der Waals surface area (Å²) < 4.78 is 0. The first-order valence-corrected chi connectivity index (χ1v) is 6.47. The molecule has 0 aromatic rings. The lowest BCUT2D eigenvalue weighted by Gasteiger charge is -2.20. The Morgan fingerprint density at radius 3 is 2.65 bits per heavy atom. The molecule has 0 bridgehead atoms. The van der Waals surface area contributed by atoms with E-state index in [2.05, 4.69) is 10.6 Å². The molecule has 20 heavy (non-hydrogen) atoms. The minimum Gasteiger partial charge on any atom is -0.481 e. The summed E-state index contributed by atoms with van der Waals surface area (Å²) in [4.78, 5) is 46.8. The highest BCUT2D eigenvalue weighted by Gasteiger charge is 2.56. The molecule has 0 radical (unpaired) electrons. The largest absolute Gasteiger partial charge is 0.481 e. The number of carbonyl (C=O) groups excluding carboxylic acids is 3. The molecule has 0 spiro atoms. The second-order valence-electron chi connectivity index (χ2n) is 5.29. The van der Waals surface area contributed by atoms with Crippen LogP contribution in [-0.4, -0.2) is 52.4 Å². The van der Waals surface area contributed by atoms with E-state index in [1.165, 1.54) is 0 Å². The molecule has 2 rings (SSSR count). The highest BCUT2D eigenvalue weighted by Crippen LogP contribution is 2.42. The van der Waals surface area contributed by atoms with Gasteiger partial charge in [-0.3, -0.25) is 19.3 Å². The lowest BCUT2D eigenvalue weighted by molar-refractivity contribution is -0.137. The normalized spacial score (nSPS) is 25.6. The van der Waals surface area contributed by atoms with Gasteiger partial charge in [-0.05, 0) is 25.7 Å². The van der Waals surface area contributed by atoms with Crippen LogP contribution in [0, 0.1) is 5.92 Å². The molecule has 110 valence electrons. The van der Waals surface area contributed by atoms with Crippen molar-refractivity contribution in [3.63, 3.8) is 0 Å². The summed E-state index contributed by atoms with van der Waals surface area (Å²) in [6.07, 6.45) is 1.58. The number of amides is 4. The zero-order valence-corrected chi connectivity index (χ0v) is 11.1. The molecule has 1 unspecified atom stereocenters. The van der Waals surface area contributed by atoms with Crippen molar-refractivity contribution in [2.45, 2.75) is 31.7 Å². The molecular weight excluding hydrogens is 266 g/mol. The van der Waals surface area contributed by atoms with Gasteiger partial charge >= 0.3 is 12.0 Å². The van der Waals surface area contributed by atoms with Crippen molar-refractivity contribution in [3.8, 4) is 0 Å². The quantitative estimate of drug-likeness (QED) is 0.557. The van der Waals surface area contributed by atoms with Crippen molar-refractivity contribution in [1.29, 1.82) is 0 Å². The van der Waals surface area contributed by atoms with Crippen LogP contribution in [0.5, 0.6) is 0 Å². The standard InChI is InChI=1S/C12H17N3O5/c1-12(7-2-3-7)10(19)15(11(20)14-12)6-8(16)13-5-4-9(17)18/h7H,2-6H2,1H3,(H,13,16)(H,14,20)(H,17,18). The molecule has 1 heterocycles. The monoisotopic (exact) mass is 283 g/mol. The van der Waals surface area contributed by atoms with E-state index in [4.69, 9.17) is 5.11 Å². The lowest BCUT2D eigenvalue weighted by Crippen LogP contribution is -2.47. The minimum atomic E-state index is -1.03. The molecule has 8 nitrogen and oxygen atoms in total. The number of carboxylic acid groups (broad SMARTS) is 1. The summed E-state index contributed by atoms with van der Waals surface area (Å²) in [6, 6.07) is -0.571. The van der Waals surface area contributed by atoms with E-state index in [1.807, 2.05) is 0 Å². The number of nitrogens with zero attached hydrogens (tertiary/aromatic N) is 1. The zero-order valence-electron chi connectivity index (χ0n) is 11.1. The van der Waals surface area contributed by atoms with Crippen LogP contribution in [0.4, 0.5) is 4.79 Å². The van der Waals surface area contributed by atoms with Gasteiger partial charge < -0.3 is 15.7 Å². The van der Waals surface area contributed by atoms with Gasteiger partial charge in [-0.1, -0.05) is 0 Å². The first kappa shape index (κ1) is 14.3. The van der Waals surface area contributed by atoms with Gasteiger partial charge in [-0.15, -0.1) is 0 Å². The van der Waals surface area contributed by atoms with E-state index in [0.717, 1.165) is 17.7 Å². The van der Waals surface area contributed by atoms with Gasteiger partial charge in [-0.25, -0.2) is 4.79 Å². The van der Waals surface area contributed by atoms with Crippen LogP contribution in [0.1, 0.15) is 26.2 Å². The predicted octanol–water partition coefficient (Wildman–Crippen LogP) is -0.702. The third kappa shape index (κ3) is 2.73. The molecule has 3 N–H and O–H groups in total. The predicted molar refractivity (Wildman–Crippen MR) is 66.6 cm³/mol. The maximum Gasteiger partial charge on any atom is 0.325 e. The van der Waals surface area contributed by atoms with Gasteiger partial charge in [0.2, 0.25) is 5.91 Å². The summed E-state index contributed by atoms with van der Waals surface area (Å²) in [6.45, 7) is 1.26. The molecule has 1 aliphatic heterocycles. The molecule has 8 heteroatoms. The number of imide groups is 1. The number of aliphatic carboxylic acids is 1. The first-order chi connectivity index (χ1) is 9.34. The minimum absolute atomic E-state index is 0.0301. The van der Waals surface area contributed by atoms with Crippen LogP contribution in [0.3, 0.4) is 0 Å². The van der Waals surface area contributed by atoms with Crippen molar-refractivity contribution >= 4 is 23.8 Å². The van der Waals surface area contributed by atoms with Crippen LogP contribution in [0.25, 0.3) is 0 Å². The highest BCUT2D eigenvalue weighted by molar-refractivity contribution is 6.09. The third-order valence-corrected chi connectivity index (χ3v) is 3.66. The number of urea groups is 1. The number of carbonyl (C=O) groups is 4. The number of hydrogen-bond donors (Lipinski definition) is 3. The Kier molecular flexibility index (Phi) is 3.65. The summed E-state index contributed by atoms with van der Waals surface area (Å²) in [5.74, 6) is -1.83. The Morgan fingerprint density at radius 1 is 1.45 bits per heavy atom. The lowest BCUT2D eigenvalue weighted by atomic mass is 9.96. The van der Waals surface area contributed by atoms with Crippen LogP contribution < -0.4 is 10.6 Å². The van der Waals surface area contributed by atoms with Crippen LogP contribution in [-0.2, 0) is 14.4 Å². The van der Waals surface area contributed by atoms with Gasteiger partial charge in [0.05, 0.1) is 6.42 Å². The third-order valence-electron chi connectivity index (χ3n) is 3.66. The van der Waals surface area contributed by atoms with E-state index >= 15 is 0 Å². The second kappa shape index (κ2) is 5.10. The van der Waals surface area contributed by atoms with Crippen molar-refractivity contribution < 1.29 is 24.3 Å². The van der Waals surface area contributed by atoms with E-state index in [1.54, 1.807) is 6.92 Å². The SMILES string of the molecule is CC1(C2CC2)NC(=O)N(CC(=O)NCCC(=O)O)C1=O. The molecule has 1 atom stereocenters. The molecular formula is C12H17N3O5. The molecule has 1 saturated carbocycles. The second-order valence-corrected chi connectivity index (χ2v) is 5.29. The smallest absolute Gasteiger partial charge is 0.325 e. The summed E-state index contributed by atoms with van der Waals surface area (Å²) >= 11 is 0. The Bertz CT molecular complexity index is 474. The highest BCUT2D eigenvalue weighted by atomic mass is 16.4. The van der Waals surface area contributed by atoms with Crippen LogP contribution in [0.15, 0.2) is 0 Å². The summed E-state index contributed by atoms with van der Waals surface area (Å²) in [5, 5.41) is 13.4. The van der Waals surface area contributed by atoms with Crippen LogP contribution in [0.2, 0.25) is 0 Å². The summed E-state index contributed by atoms with van der Waals surface area (Å²) in [5.41, 5.74) is -0.904. The van der Waals surface area contributed by atoms with Gasteiger partial charge in [-0.2, -0.15) is 0 Å². The number of rotatable bonds is 6. The Balaban J connectivity index is 1.89. The maximum atomic E-state index is 12.2. The fraction of sp³-hybridized carbons (Fsp3) is 0.667. The number of hydrogen-bond acceptors (Lipinski definition) is 4. The Labute approximate surface area is 115 Å². The van der Waals surface area contributed by atoms with E-state index in [0.29, 0.717) is 0 Å². The fourth-order valence-corrected chi connectivity index (χ4v) is 2.31. The number of nitrogens with one attached hydrogen (secondary N) is 2. The molecule has 0 aromatic carbocycles. The summed E-state index contributed by atoms with van der Waals surface area (Å²) in [7, 11) is 0. The Morgan fingerprint density at radius 2 is 2.10 bits per heavy atom. The van der Waals surface area contributed by atoms with E-state index in [-0.39, 0.29) is 25.4 Å². The molecule has 2 fully saturated rings. The van der Waals surface area contributed by atoms with Gasteiger partial charge in [0.25, 0.3) is 5.91 Å². The molecule has 2 aliphatic rings. The van der Waals surface area contributed by atoms with Crippen LogP contribution >= 0.6 is 0 Å². The fourth-order valence-electron chi connectivity index (χ4n) is 2.31. The van der Waals surface area contributed by atoms with Gasteiger partial charge in [0.1, 0.15) is 12.1 Å². The molecule has 1 saturated heterocycles. The molecule has 1 aliphatic carbocycles. The molecule has 4 amide bonds. The number of carboxylic acids is 1. The maximum absolute atomic E-state index is 12.2. The van der Waals surface area contributed by atoms with Gasteiger partial charge in [0.15, 0.2) is 0 Å². The van der Waals surface area contributed by atoms with Crippen molar-refractivity contribution in [2.75, 3.05) is 13.1 Å². The topological polar surface area (TPSA) is 116 Å². The zero-order chi connectivity index (χ0) is 14.9. The van der Waals surface area contributed by atoms with E-state index in [9.17, 15) is 19.2 Å². The molecule has 0 aromatic heterocycles. The average Bonchev–Trinajstić information content (AvgIpc) is 3.15. The Hall–Kier alpha value is -2.12. The average molecular weight is 283 g/mol. The van der Waals surface area contributed by atoms with Crippen molar-refractivity contribution in [2.24, 2.45) is 5.92 Å².